The summed E-state index contributed by atoms with van der Waals surface area (Å²) in [6.07, 6.45) is -3.26. The van der Waals surface area contributed by atoms with Gasteiger partial charge in [0.05, 0.1) is 17.9 Å². The lowest BCUT2D eigenvalue weighted by molar-refractivity contribution is -0.140. The molecule has 0 amide bonds. The quantitative estimate of drug-likeness (QED) is 0.215. The number of hydrogen-bond acceptors (Lipinski definition) is 4. The Morgan fingerprint density at radius 3 is 2.08 bits per heavy atom. The van der Waals surface area contributed by atoms with E-state index in [1.54, 1.807) is 0 Å². The zero-order valence-electron chi connectivity index (χ0n) is 21.6. The molecule has 0 radical (unpaired) electrons. The summed E-state index contributed by atoms with van der Waals surface area (Å²) in [6.45, 7) is 1.87. The van der Waals surface area contributed by atoms with Crippen LogP contribution in [0.5, 0.6) is 0 Å². The Morgan fingerprint density at radius 1 is 0.949 bits per heavy atom. The first-order valence-electron chi connectivity index (χ1n) is 12.8. The molecule has 0 atom stereocenters. The van der Waals surface area contributed by atoms with Crippen LogP contribution in [0.1, 0.15) is 34.6 Å². The fourth-order valence-corrected chi connectivity index (χ4v) is 5.62. The predicted octanol–water partition coefficient (Wildman–Crippen LogP) is 5.53. The zero-order chi connectivity index (χ0) is 28.0. The van der Waals surface area contributed by atoms with Crippen LogP contribution in [-0.2, 0) is 27.5 Å². The first-order chi connectivity index (χ1) is 18.5. The molecule has 39 heavy (non-hydrogen) atoms. The van der Waals surface area contributed by atoms with E-state index >= 15 is 0 Å². The Balaban J connectivity index is 1.51. The van der Waals surface area contributed by atoms with Crippen molar-refractivity contribution in [3.05, 3.63) is 107 Å². The van der Waals surface area contributed by atoms with Gasteiger partial charge in [-0.05, 0) is 23.6 Å². The molecule has 0 saturated carbocycles. The maximum absolute atomic E-state index is 15.0. The van der Waals surface area contributed by atoms with Gasteiger partial charge in [0.25, 0.3) is 0 Å². The molecule has 0 aromatic heterocycles. The molecule has 1 aliphatic heterocycles. The van der Waals surface area contributed by atoms with Crippen LogP contribution in [0.3, 0.4) is 0 Å². The highest BCUT2D eigenvalue weighted by Crippen LogP contribution is 2.33. The number of rotatable bonds is 12. The second-order valence-electron chi connectivity index (χ2n) is 9.81. The van der Waals surface area contributed by atoms with Crippen LogP contribution in [0.15, 0.2) is 78.9 Å². The fourth-order valence-electron chi connectivity index (χ4n) is 4.74. The Morgan fingerprint density at radius 2 is 1.54 bits per heavy atom. The van der Waals surface area contributed by atoms with Crippen molar-refractivity contribution in [2.75, 3.05) is 39.0 Å². The molecule has 1 saturated heterocycles. The van der Waals surface area contributed by atoms with Crippen molar-refractivity contribution in [3.8, 4) is 0 Å². The van der Waals surface area contributed by atoms with Crippen molar-refractivity contribution in [2.24, 2.45) is 0 Å². The number of nitrogens with zero attached hydrogens (tertiary/aromatic N) is 2. The summed E-state index contributed by atoms with van der Waals surface area (Å²) in [5.41, 5.74) is 0.800. The molecule has 1 fully saturated rings. The van der Waals surface area contributed by atoms with Crippen molar-refractivity contribution in [2.45, 2.75) is 31.2 Å². The van der Waals surface area contributed by atoms with Gasteiger partial charge in [0.2, 0.25) is 10.0 Å². The number of halogens is 4. The number of ether oxygens (including phenoxy) is 1. The third-order valence-electron chi connectivity index (χ3n) is 6.88. The molecule has 0 aliphatic carbocycles. The lowest BCUT2D eigenvalue weighted by Crippen LogP contribution is -2.54. The molecule has 3 aromatic rings. The molecule has 210 valence electrons. The third kappa shape index (κ3) is 7.88. The minimum absolute atomic E-state index is 0.00277. The van der Waals surface area contributed by atoms with Crippen molar-refractivity contribution in [3.63, 3.8) is 0 Å². The summed E-state index contributed by atoms with van der Waals surface area (Å²) >= 11 is 0. The molecule has 1 aliphatic rings. The summed E-state index contributed by atoms with van der Waals surface area (Å²) in [6, 6.07) is 23.0. The van der Waals surface area contributed by atoms with Gasteiger partial charge in [-0.25, -0.2) is 12.8 Å². The first-order valence-corrected chi connectivity index (χ1v) is 14.6. The molecule has 1 heterocycles. The van der Waals surface area contributed by atoms with Gasteiger partial charge >= 0.3 is 6.18 Å². The van der Waals surface area contributed by atoms with Gasteiger partial charge in [0.1, 0.15) is 5.82 Å². The minimum Gasteiger partial charge on any atom is -0.375 e. The summed E-state index contributed by atoms with van der Waals surface area (Å²) in [7, 11) is -3.23. The van der Waals surface area contributed by atoms with Crippen molar-refractivity contribution in [1.29, 1.82) is 0 Å². The normalized spacial score (nSPS) is 15.2. The number of benzene rings is 3. The Hall–Kier alpha value is -2.79. The maximum Gasteiger partial charge on any atom is 0.419 e. The maximum atomic E-state index is 15.0. The molecule has 5 nitrogen and oxygen atoms in total. The monoisotopic (exact) mass is 564 g/mol. The summed E-state index contributed by atoms with van der Waals surface area (Å²) in [5.74, 6) is -1.34. The average molecular weight is 565 g/mol. The lowest BCUT2D eigenvalue weighted by atomic mass is 9.90. The highest BCUT2D eigenvalue weighted by atomic mass is 32.2. The molecular formula is C29H32F4N2O3S. The number of sulfonamides is 1. The number of alkyl halides is 3. The summed E-state index contributed by atoms with van der Waals surface area (Å²) in [4.78, 5) is 1.95. The van der Waals surface area contributed by atoms with Gasteiger partial charge in [0, 0.05) is 50.8 Å². The summed E-state index contributed by atoms with van der Waals surface area (Å²) in [5, 5.41) is 0. The molecule has 0 bridgehead atoms. The van der Waals surface area contributed by atoms with Gasteiger partial charge in [-0.15, -0.1) is 0 Å². The van der Waals surface area contributed by atoms with Gasteiger partial charge in [-0.3, -0.25) is 4.90 Å². The Bertz CT molecular complexity index is 1280. The van der Waals surface area contributed by atoms with Crippen molar-refractivity contribution in [1.82, 2.24) is 9.21 Å². The standard InChI is InChI=1S/C29H32F4N2O3S/c1-39(36,37)35-19-25(20-35)38-17-9-16-34(18-24-14-8-15-27(28(24)30)29(31,32)33)21-26(22-10-4-2-5-11-22)23-12-6-3-7-13-23/h2-8,10-15,25-26H,9,16-21H2,1H3. The predicted molar refractivity (Wildman–Crippen MR) is 142 cm³/mol. The zero-order valence-corrected chi connectivity index (χ0v) is 22.5. The van der Waals surface area contributed by atoms with Crippen LogP contribution in [0.25, 0.3) is 0 Å². The van der Waals surface area contributed by atoms with Gasteiger partial charge < -0.3 is 4.74 Å². The molecule has 0 unspecified atom stereocenters. The molecule has 0 spiro atoms. The van der Waals surface area contributed by atoms with Crippen LogP contribution >= 0.6 is 0 Å². The van der Waals surface area contributed by atoms with E-state index in [1.165, 1.54) is 16.4 Å². The SMILES string of the molecule is CS(=O)(=O)N1CC(OCCCN(Cc2cccc(C(F)(F)F)c2F)CC(c2ccccc2)c2ccccc2)C1. The van der Waals surface area contributed by atoms with Crippen LogP contribution in [0.4, 0.5) is 17.6 Å². The highest BCUT2D eigenvalue weighted by molar-refractivity contribution is 7.88. The van der Waals surface area contributed by atoms with E-state index in [1.807, 2.05) is 65.6 Å². The minimum atomic E-state index is -4.78. The van der Waals surface area contributed by atoms with Crippen LogP contribution in [0.2, 0.25) is 0 Å². The highest BCUT2D eigenvalue weighted by Gasteiger charge is 2.35. The molecule has 10 heteroatoms. The lowest BCUT2D eigenvalue weighted by Gasteiger charge is -2.37. The molecular weight excluding hydrogens is 532 g/mol. The van der Waals surface area contributed by atoms with Crippen molar-refractivity contribution < 1.29 is 30.7 Å². The van der Waals surface area contributed by atoms with Crippen LogP contribution < -0.4 is 0 Å². The summed E-state index contributed by atoms with van der Waals surface area (Å²) < 4.78 is 85.4. The second-order valence-corrected chi connectivity index (χ2v) is 11.8. The van der Waals surface area contributed by atoms with E-state index < -0.39 is 27.6 Å². The molecule has 4 rings (SSSR count). The van der Waals surface area contributed by atoms with Crippen LogP contribution in [-0.4, -0.2) is 62.8 Å². The first kappa shape index (κ1) is 29.2. The topological polar surface area (TPSA) is 49.9 Å². The van der Waals surface area contributed by atoms with Gasteiger partial charge in [0.15, 0.2) is 0 Å². The van der Waals surface area contributed by atoms with Crippen LogP contribution in [0, 0.1) is 5.82 Å². The second kappa shape index (κ2) is 12.6. The fraction of sp³-hybridized carbons (Fsp3) is 0.379. The van der Waals surface area contributed by atoms with E-state index in [0.717, 1.165) is 23.4 Å². The third-order valence-corrected chi connectivity index (χ3v) is 8.11. The van der Waals surface area contributed by atoms with Gasteiger partial charge in [-0.2, -0.15) is 17.5 Å². The smallest absolute Gasteiger partial charge is 0.375 e. The Kier molecular flexibility index (Phi) is 9.43. The molecule has 3 aromatic carbocycles. The van der Waals surface area contributed by atoms with E-state index in [4.69, 9.17) is 4.74 Å². The Labute approximate surface area is 227 Å². The molecule has 0 N–H and O–H groups in total. The van der Waals surface area contributed by atoms with E-state index in [2.05, 4.69) is 0 Å². The van der Waals surface area contributed by atoms with E-state index in [9.17, 15) is 26.0 Å². The largest absolute Gasteiger partial charge is 0.419 e. The average Bonchev–Trinajstić information content (AvgIpc) is 2.86. The van der Waals surface area contributed by atoms with E-state index in [0.29, 0.717) is 39.2 Å². The van der Waals surface area contributed by atoms with E-state index in [-0.39, 0.29) is 24.1 Å². The number of hydrogen-bond donors (Lipinski definition) is 0. The van der Waals surface area contributed by atoms with Gasteiger partial charge in [-0.1, -0.05) is 72.8 Å². The van der Waals surface area contributed by atoms with Crippen molar-refractivity contribution >= 4 is 10.0 Å².